The number of nitrogens with zero attached hydrogens (tertiary/aromatic N) is 5. The molecular weight excluding hydrogens is 443 g/mol. The lowest BCUT2D eigenvalue weighted by atomic mass is 10.0. The number of rotatable bonds is 4. The highest BCUT2D eigenvalue weighted by molar-refractivity contribution is 6.35. The van der Waals surface area contributed by atoms with Gasteiger partial charge in [0.1, 0.15) is 5.82 Å². The van der Waals surface area contributed by atoms with Crippen LogP contribution in [0.4, 0.5) is 17.3 Å². The van der Waals surface area contributed by atoms with Crippen molar-refractivity contribution in [3.8, 4) is 0 Å². The maximum absolute atomic E-state index is 6.40. The molecule has 32 heavy (non-hydrogen) atoms. The number of aromatic nitrogens is 3. The van der Waals surface area contributed by atoms with Gasteiger partial charge >= 0.3 is 0 Å². The smallest absolute Gasteiger partial charge is 0.159 e. The molecule has 0 bridgehead atoms. The van der Waals surface area contributed by atoms with Gasteiger partial charge in [0.05, 0.1) is 17.6 Å². The quantitative estimate of drug-likeness (QED) is 0.466. The Morgan fingerprint density at radius 3 is 2.31 bits per heavy atom. The van der Waals surface area contributed by atoms with Crippen LogP contribution in [0.5, 0.6) is 0 Å². The van der Waals surface area contributed by atoms with Crippen LogP contribution >= 0.6 is 23.2 Å². The van der Waals surface area contributed by atoms with Crippen molar-refractivity contribution in [2.24, 2.45) is 0 Å². The Hall–Kier alpha value is -3.09. The summed E-state index contributed by atoms with van der Waals surface area (Å²) < 4.78 is 0. The molecule has 1 aliphatic heterocycles. The molecule has 1 aliphatic rings. The Morgan fingerprint density at radius 2 is 1.59 bits per heavy atom. The normalized spacial score (nSPS) is 14.2. The van der Waals surface area contributed by atoms with Gasteiger partial charge in [0.25, 0.3) is 0 Å². The first-order valence-electron chi connectivity index (χ1n) is 10.5. The minimum Gasteiger partial charge on any atom is -0.397 e. The third kappa shape index (κ3) is 4.16. The number of piperazine rings is 1. The Balaban J connectivity index is 1.40. The van der Waals surface area contributed by atoms with Crippen molar-refractivity contribution in [1.29, 1.82) is 0 Å². The van der Waals surface area contributed by atoms with Gasteiger partial charge in [0.15, 0.2) is 5.82 Å². The van der Waals surface area contributed by atoms with E-state index in [0.29, 0.717) is 22.2 Å². The monoisotopic (exact) mass is 464 g/mol. The minimum atomic E-state index is 0.598. The number of pyridine rings is 1. The molecular formula is C24H22Cl2N6. The van der Waals surface area contributed by atoms with Crippen LogP contribution in [0, 0.1) is 0 Å². The molecule has 0 unspecified atom stereocenters. The molecule has 1 fully saturated rings. The summed E-state index contributed by atoms with van der Waals surface area (Å²) in [5, 5.41) is 12.7. The van der Waals surface area contributed by atoms with Gasteiger partial charge in [-0.05, 0) is 29.8 Å². The van der Waals surface area contributed by atoms with E-state index in [2.05, 4.69) is 37.1 Å². The molecule has 162 valence electrons. The van der Waals surface area contributed by atoms with Gasteiger partial charge in [0, 0.05) is 53.4 Å². The minimum absolute atomic E-state index is 0.598. The molecule has 0 spiro atoms. The van der Waals surface area contributed by atoms with Gasteiger partial charge in [-0.1, -0.05) is 53.5 Å². The van der Waals surface area contributed by atoms with Crippen molar-refractivity contribution in [3.05, 3.63) is 82.1 Å². The maximum atomic E-state index is 6.40. The van der Waals surface area contributed by atoms with Crippen molar-refractivity contribution in [3.63, 3.8) is 0 Å². The predicted octanol–water partition coefficient (Wildman–Crippen LogP) is 4.83. The van der Waals surface area contributed by atoms with Crippen molar-refractivity contribution < 1.29 is 0 Å². The zero-order valence-corrected chi connectivity index (χ0v) is 18.9. The van der Waals surface area contributed by atoms with Crippen LogP contribution in [0.3, 0.4) is 0 Å². The predicted molar refractivity (Wildman–Crippen MR) is 132 cm³/mol. The molecule has 3 heterocycles. The SMILES string of the molecule is Nc1ccc(N2CCN(c3nnc(Cc4ccc(Cl)cc4Cl)c4ccccc34)CC2)nc1. The number of benzene rings is 2. The van der Waals surface area contributed by atoms with Crippen LogP contribution < -0.4 is 15.5 Å². The zero-order chi connectivity index (χ0) is 22.1. The lowest BCUT2D eigenvalue weighted by Crippen LogP contribution is -2.47. The van der Waals surface area contributed by atoms with Crippen LogP contribution in [0.25, 0.3) is 10.8 Å². The van der Waals surface area contributed by atoms with E-state index in [0.717, 1.165) is 59.8 Å². The first-order chi connectivity index (χ1) is 15.6. The Bertz CT molecular complexity index is 1250. The highest BCUT2D eigenvalue weighted by Gasteiger charge is 2.22. The average molecular weight is 465 g/mol. The molecule has 6 nitrogen and oxygen atoms in total. The largest absolute Gasteiger partial charge is 0.397 e. The number of hydrogen-bond donors (Lipinski definition) is 1. The third-order valence-corrected chi connectivity index (χ3v) is 6.38. The molecule has 2 N–H and O–H groups in total. The van der Waals surface area contributed by atoms with Crippen LogP contribution in [0.2, 0.25) is 10.0 Å². The van der Waals surface area contributed by atoms with E-state index in [1.54, 1.807) is 12.3 Å². The first kappa shape index (κ1) is 20.8. The van der Waals surface area contributed by atoms with Crippen molar-refractivity contribution in [1.82, 2.24) is 15.2 Å². The standard InChI is InChI=1S/C24H22Cl2N6/c25-17-6-5-16(21(26)14-17)13-22-19-3-1-2-4-20(19)24(30-29-22)32-11-9-31(10-12-32)23-8-7-18(27)15-28-23/h1-8,14-15H,9-13,27H2. The van der Waals surface area contributed by atoms with Gasteiger partial charge in [-0.25, -0.2) is 4.98 Å². The van der Waals surface area contributed by atoms with E-state index in [-0.39, 0.29) is 0 Å². The van der Waals surface area contributed by atoms with Crippen LogP contribution in [-0.2, 0) is 6.42 Å². The lowest BCUT2D eigenvalue weighted by Gasteiger charge is -2.36. The highest BCUT2D eigenvalue weighted by Crippen LogP contribution is 2.30. The number of anilines is 3. The fourth-order valence-corrected chi connectivity index (χ4v) is 4.56. The molecule has 2 aromatic heterocycles. The molecule has 0 aliphatic carbocycles. The Labute approximate surface area is 196 Å². The molecule has 0 saturated carbocycles. The second kappa shape index (κ2) is 8.81. The van der Waals surface area contributed by atoms with Crippen molar-refractivity contribution >= 4 is 51.3 Å². The molecule has 0 radical (unpaired) electrons. The van der Waals surface area contributed by atoms with Crippen LogP contribution in [0.1, 0.15) is 11.3 Å². The fourth-order valence-electron chi connectivity index (χ4n) is 4.09. The van der Waals surface area contributed by atoms with E-state index in [4.69, 9.17) is 28.9 Å². The number of nitrogen functional groups attached to an aromatic ring is 1. The lowest BCUT2D eigenvalue weighted by molar-refractivity contribution is 0.639. The number of halogens is 2. The number of hydrogen-bond acceptors (Lipinski definition) is 6. The topological polar surface area (TPSA) is 71.2 Å². The summed E-state index contributed by atoms with van der Waals surface area (Å²) in [6.45, 7) is 3.39. The molecule has 8 heteroatoms. The first-order valence-corrected chi connectivity index (χ1v) is 11.2. The summed E-state index contributed by atoms with van der Waals surface area (Å²) in [7, 11) is 0. The molecule has 5 rings (SSSR count). The third-order valence-electron chi connectivity index (χ3n) is 5.79. The summed E-state index contributed by atoms with van der Waals surface area (Å²) in [4.78, 5) is 9.01. The van der Waals surface area contributed by atoms with Crippen LogP contribution in [-0.4, -0.2) is 41.4 Å². The second-order valence-corrected chi connectivity index (χ2v) is 8.70. The van der Waals surface area contributed by atoms with E-state index < -0.39 is 0 Å². The molecule has 1 saturated heterocycles. The van der Waals surface area contributed by atoms with E-state index in [1.165, 1.54) is 0 Å². The fraction of sp³-hybridized carbons (Fsp3) is 0.208. The van der Waals surface area contributed by atoms with E-state index >= 15 is 0 Å². The summed E-state index contributed by atoms with van der Waals surface area (Å²) >= 11 is 12.4. The molecule has 0 atom stereocenters. The summed E-state index contributed by atoms with van der Waals surface area (Å²) in [5.74, 6) is 1.86. The zero-order valence-electron chi connectivity index (χ0n) is 17.4. The van der Waals surface area contributed by atoms with E-state index in [1.807, 2.05) is 36.4 Å². The van der Waals surface area contributed by atoms with Crippen molar-refractivity contribution in [2.75, 3.05) is 41.7 Å². The second-order valence-electron chi connectivity index (χ2n) is 7.85. The average Bonchev–Trinajstić information content (AvgIpc) is 2.82. The Kier molecular flexibility index (Phi) is 5.72. The summed E-state index contributed by atoms with van der Waals surface area (Å²) in [5.41, 5.74) is 8.32. The molecule has 0 amide bonds. The maximum Gasteiger partial charge on any atom is 0.159 e. The van der Waals surface area contributed by atoms with Gasteiger partial charge in [-0.15, -0.1) is 5.10 Å². The van der Waals surface area contributed by atoms with E-state index in [9.17, 15) is 0 Å². The van der Waals surface area contributed by atoms with Gasteiger partial charge in [-0.2, -0.15) is 5.10 Å². The summed E-state index contributed by atoms with van der Waals surface area (Å²) in [6.07, 6.45) is 2.30. The van der Waals surface area contributed by atoms with Crippen LogP contribution in [0.15, 0.2) is 60.8 Å². The number of fused-ring (bicyclic) bond motifs is 1. The van der Waals surface area contributed by atoms with Gasteiger partial charge in [0.2, 0.25) is 0 Å². The number of nitrogens with two attached hydrogens (primary N) is 1. The Morgan fingerprint density at radius 1 is 0.844 bits per heavy atom. The molecule has 4 aromatic rings. The molecule has 2 aromatic carbocycles. The van der Waals surface area contributed by atoms with Gasteiger partial charge < -0.3 is 15.5 Å². The highest BCUT2D eigenvalue weighted by atomic mass is 35.5. The summed E-state index contributed by atoms with van der Waals surface area (Å²) in [6, 6.07) is 17.7. The van der Waals surface area contributed by atoms with Gasteiger partial charge in [-0.3, -0.25) is 0 Å². The van der Waals surface area contributed by atoms with Crippen molar-refractivity contribution in [2.45, 2.75) is 6.42 Å².